The van der Waals surface area contributed by atoms with E-state index in [9.17, 15) is 18.0 Å². The lowest BCUT2D eigenvalue weighted by molar-refractivity contribution is -0.192. The maximum absolute atomic E-state index is 12.6. The minimum atomic E-state index is -5.08. The number of ether oxygens (including phenoxy) is 1. The summed E-state index contributed by atoms with van der Waals surface area (Å²) in [5.41, 5.74) is 0.984. The number of hydrogen-bond acceptors (Lipinski definition) is 6. The number of carboxylic acids is 1. The molecule has 3 aliphatic heterocycles. The largest absolute Gasteiger partial charge is 0.490 e. The number of likely N-dealkylation sites (N-methyl/N-ethyl adjacent to an activating group) is 1. The van der Waals surface area contributed by atoms with Crippen molar-refractivity contribution in [2.45, 2.75) is 31.0 Å². The number of alkyl halides is 3. The zero-order valence-corrected chi connectivity index (χ0v) is 18.3. The first-order valence-corrected chi connectivity index (χ1v) is 10.6. The number of carbonyl (C=O) groups is 2. The standard InChI is InChI=1S/C18H29N5O2.C2HF3O2/c1-20-12-17(24)23(16-9-19-21(2)11-16)14-18(20)5-6-22(13-18)10-15-3-7-25-8-4-15;3-2(4,5)1(6)7/h9,11,15H,3-8,10,12-14H2,1-2H3;(H,6,7). The number of aryl methyl sites for hydroxylation is 1. The zero-order valence-electron chi connectivity index (χ0n) is 18.3. The van der Waals surface area contributed by atoms with Crippen LogP contribution in [0.15, 0.2) is 12.4 Å². The maximum Gasteiger partial charge on any atom is 0.490 e. The lowest BCUT2D eigenvalue weighted by Gasteiger charge is -2.46. The Hall–Kier alpha value is -2.18. The lowest BCUT2D eigenvalue weighted by Crippen LogP contribution is -2.64. The number of nitrogens with zero attached hydrogens (tertiary/aromatic N) is 5. The van der Waals surface area contributed by atoms with Gasteiger partial charge in [-0.3, -0.25) is 14.4 Å². The lowest BCUT2D eigenvalue weighted by atomic mass is 9.92. The van der Waals surface area contributed by atoms with Crippen LogP contribution in [0, 0.1) is 5.92 Å². The Balaban J connectivity index is 0.000000360. The molecule has 0 saturated carbocycles. The second-order valence-electron chi connectivity index (χ2n) is 8.78. The summed E-state index contributed by atoms with van der Waals surface area (Å²) in [6.07, 6.45) is 2.13. The van der Waals surface area contributed by atoms with Crippen molar-refractivity contribution in [2.24, 2.45) is 13.0 Å². The van der Waals surface area contributed by atoms with E-state index in [4.69, 9.17) is 14.6 Å². The summed E-state index contributed by atoms with van der Waals surface area (Å²) >= 11 is 0. The number of piperazine rings is 1. The highest BCUT2D eigenvalue weighted by Crippen LogP contribution is 2.34. The fourth-order valence-electron chi connectivity index (χ4n) is 4.57. The molecule has 1 amide bonds. The van der Waals surface area contributed by atoms with Crippen molar-refractivity contribution < 1.29 is 32.6 Å². The van der Waals surface area contributed by atoms with Crippen LogP contribution in [0.25, 0.3) is 0 Å². The minimum Gasteiger partial charge on any atom is -0.475 e. The highest BCUT2D eigenvalue weighted by atomic mass is 19.4. The van der Waals surface area contributed by atoms with E-state index in [1.54, 1.807) is 10.9 Å². The zero-order chi connectivity index (χ0) is 23.5. The summed E-state index contributed by atoms with van der Waals surface area (Å²) in [5, 5.41) is 11.4. The molecule has 3 aliphatic rings. The van der Waals surface area contributed by atoms with Crippen LogP contribution in [-0.4, -0.2) is 101 Å². The molecule has 1 spiro atoms. The Labute approximate surface area is 184 Å². The van der Waals surface area contributed by atoms with E-state index in [0.717, 1.165) is 50.9 Å². The minimum absolute atomic E-state index is 0.0644. The van der Waals surface area contributed by atoms with Crippen molar-refractivity contribution >= 4 is 17.6 Å². The molecule has 12 heteroatoms. The molecule has 0 radical (unpaired) electrons. The van der Waals surface area contributed by atoms with E-state index in [2.05, 4.69) is 21.9 Å². The fourth-order valence-corrected chi connectivity index (χ4v) is 4.57. The topological polar surface area (TPSA) is 91.1 Å². The normalized spacial score (nSPS) is 25.8. The second-order valence-corrected chi connectivity index (χ2v) is 8.78. The van der Waals surface area contributed by atoms with Gasteiger partial charge in [-0.1, -0.05) is 0 Å². The van der Waals surface area contributed by atoms with Crippen molar-refractivity contribution in [1.82, 2.24) is 19.6 Å². The molecule has 0 aliphatic carbocycles. The van der Waals surface area contributed by atoms with Gasteiger partial charge in [0.15, 0.2) is 0 Å². The molecule has 1 unspecified atom stereocenters. The third-order valence-corrected chi connectivity index (χ3v) is 6.45. The molecule has 0 bridgehead atoms. The van der Waals surface area contributed by atoms with E-state index in [0.29, 0.717) is 6.54 Å². The fraction of sp³-hybridized carbons (Fsp3) is 0.750. The highest BCUT2D eigenvalue weighted by Gasteiger charge is 2.48. The van der Waals surface area contributed by atoms with Crippen LogP contribution in [0.3, 0.4) is 0 Å². The number of rotatable bonds is 3. The van der Waals surface area contributed by atoms with Crippen LogP contribution in [0.1, 0.15) is 19.3 Å². The summed E-state index contributed by atoms with van der Waals surface area (Å²) < 4.78 is 39.0. The molecule has 9 nitrogen and oxygen atoms in total. The van der Waals surface area contributed by atoms with Gasteiger partial charge in [0.1, 0.15) is 0 Å². The molecular weight excluding hydrogens is 431 g/mol. The van der Waals surface area contributed by atoms with Crippen LogP contribution < -0.4 is 4.90 Å². The molecule has 1 atom stereocenters. The number of halogens is 3. The van der Waals surface area contributed by atoms with E-state index >= 15 is 0 Å². The van der Waals surface area contributed by atoms with Gasteiger partial charge in [0.25, 0.3) is 0 Å². The quantitative estimate of drug-likeness (QED) is 0.724. The molecule has 3 fully saturated rings. The molecule has 180 valence electrons. The predicted octanol–water partition coefficient (Wildman–Crippen LogP) is 1.20. The Kier molecular flexibility index (Phi) is 7.46. The van der Waals surface area contributed by atoms with Crippen molar-refractivity contribution in [3.8, 4) is 0 Å². The summed E-state index contributed by atoms with van der Waals surface area (Å²) in [6.45, 7) is 6.40. The molecule has 4 rings (SSSR count). The summed E-state index contributed by atoms with van der Waals surface area (Å²) in [4.78, 5) is 28.3. The third kappa shape index (κ3) is 5.78. The van der Waals surface area contributed by atoms with Crippen molar-refractivity contribution in [2.75, 3.05) is 57.9 Å². The van der Waals surface area contributed by atoms with E-state index < -0.39 is 12.1 Å². The molecule has 1 aromatic rings. The second kappa shape index (κ2) is 9.75. The monoisotopic (exact) mass is 461 g/mol. The van der Waals surface area contributed by atoms with Crippen LogP contribution >= 0.6 is 0 Å². The number of aromatic nitrogens is 2. The van der Waals surface area contributed by atoms with Gasteiger partial charge in [0.2, 0.25) is 5.91 Å². The predicted molar refractivity (Wildman–Crippen MR) is 109 cm³/mol. The van der Waals surface area contributed by atoms with E-state index in [1.165, 1.54) is 19.4 Å². The average Bonchev–Trinajstić information content (AvgIpc) is 3.32. The first-order chi connectivity index (χ1) is 15.0. The molecule has 3 saturated heterocycles. The van der Waals surface area contributed by atoms with Crippen LogP contribution in [0.4, 0.5) is 18.9 Å². The maximum atomic E-state index is 12.6. The van der Waals surface area contributed by atoms with Crippen LogP contribution in [-0.2, 0) is 21.4 Å². The third-order valence-electron chi connectivity index (χ3n) is 6.45. The molecular formula is C20H30F3N5O4. The number of carbonyl (C=O) groups excluding carboxylic acids is 1. The summed E-state index contributed by atoms with van der Waals surface area (Å²) in [6, 6.07) is 0. The Morgan fingerprint density at radius 2 is 1.94 bits per heavy atom. The van der Waals surface area contributed by atoms with Crippen molar-refractivity contribution in [1.29, 1.82) is 0 Å². The van der Waals surface area contributed by atoms with E-state index in [1.807, 2.05) is 18.1 Å². The van der Waals surface area contributed by atoms with Crippen LogP contribution in [0.5, 0.6) is 0 Å². The Morgan fingerprint density at radius 3 is 2.50 bits per heavy atom. The number of aliphatic carboxylic acids is 1. The van der Waals surface area contributed by atoms with Gasteiger partial charge >= 0.3 is 12.1 Å². The smallest absolute Gasteiger partial charge is 0.475 e. The number of carboxylic acid groups (broad SMARTS) is 1. The molecule has 1 N–H and O–H groups in total. The average molecular weight is 461 g/mol. The Bertz CT molecular complexity index is 811. The molecule has 0 aromatic carbocycles. The van der Waals surface area contributed by atoms with Gasteiger partial charge in [-0.25, -0.2) is 4.79 Å². The van der Waals surface area contributed by atoms with Crippen molar-refractivity contribution in [3.63, 3.8) is 0 Å². The first-order valence-electron chi connectivity index (χ1n) is 10.6. The van der Waals surface area contributed by atoms with Gasteiger partial charge < -0.3 is 19.6 Å². The number of anilines is 1. The number of hydrogen-bond donors (Lipinski definition) is 1. The Morgan fingerprint density at radius 1 is 1.28 bits per heavy atom. The first kappa shape index (κ1) is 24.5. The molecule has 4 heterocycles. The number of amides is 1. The summed E-state index contributed by atoms with van der Waals surface area (Å²) in [5.74, 6) is -1.83. The van der Waals surface area contributed by atoms with Gasteiger partial charge in [-0.15, -0.1) is 0 Å². The highest BCUT2D eigenvalue weighted by molar-refractivity contribution is 5.95. The van der Waals surface area contributed by atoms with Gasteiger partial charge in [-0.05, 0) is 32.2 Å². The van der Waals surface area contributed by atoms with Gasteiger partial charge in [0.05, 0.1) is 24.0 Å². The summed E-state index contributed by atoms with van der Waals surface area (Å²) in [7, 11) is 4.00. The van der Waals surface area contributed by atoms with Gasteiger partial charge in [0, 0.05) is 52.6 Å². The van der Waals surface area contributed by atoms with Gasteiger partial charge in [-0.2, -0.15) is 18.3 Å². The molecule has 32 heavy (non-hydrogen) atoms. The van der Waals surface area contributed by atoms with Crippen molar-refractivity contribution in [3.05, 3.63) is 12.4 Å². The van der Waals surface area contributed by atoms with E-state index in [-0.39, 0.29) is 11.4 Å². The molecule has 1 aromatic heterocycles. The van der Waals surface area contributed by atoms with Crippen LogP contribution in [0.2, 0.25) is 0 Å². The number of likely N-dealkylation sites (tertiary alicyclic amines) is 1. The SMILES string of the molecule is CN1CC(=O)N(c2cnn(C)c2)CC12CCN(CC1CCOCC1)C2.O=C(O)C(F)(F)F.